The standard InChI is InChI=1S/C8H13N3OS/c1-6-7(4-10-11-6)3-9-8(12)5-13-2/h4H,3,5H2,1-2H3,(H,9,12)(H,10,11). The normalized spacial score (nSPS) is 10.0. The molecule has 0 aliphatic carbocycles. The second-order valence-electron chi connectivity index (χ2n) is 2.73. The molecule has 0 atom stereocenters. The van der Waals surface area contributed by atoms with E-state index in [0.29, 0.717) is 12.3 Å². The van der Waals surface area contributed by atoms with E-state index in [0.717, 1.165) is 11.3 Å². The van der Waals surface area contributed by atoms with Gasteiger partial charge in [0.2, 0.25) is 5.91 Å². The first kappa shape index (κ1) is 10.1. The van der Waals surface area contributed by atoms with E-state index in [1.165, 1.54) is 11.8 Å². The summed E-state index contributed by atoms with van der Waals surface area (Å²) in [6.07, 6.45) is 3.64. The Morgan fingerprint density at radius 1 is 1.77 bits per heavy atom. The Kier molecular flexibility index (Phi) is 3.82. The second-order valence-corrected chi connectivity index (χ2v) is 3.60. The molecule has 0 bridgehead atoms. The van der Waals surface area contributed by atoms with Crippen molar-refractivity contribution in [1.82, 2.24) is 15.5 Å². The summed E-state index contributed by atoms with van der Waals surface area (Å²) >= 11 is 1.52. The summed E-state index contributed by atoms with van der Waals surface area (Å²) < 4.78 is 0. The van der Waals surface area contributed by atoms with E-state index in [9.17, 15) is 4.79 Å². The number of hydrogen-bond acceptors (Lipinski definition) is 3. The summed E-state index contributed by atoms with van der Waals surface area (Å²) in [6.45, 7) is 2.49. The first-order chi connectivity index (χ1) is 6.24. The van der Waals surface area contributed by atoms with Crippen LogP contribution in [-0.2, 0) is 11.3 Å². The molecular formula is C8H13N3OS. The minimum absolute atomic E-state index is 0.0631. The molecule has 4 nitrogen and oxygen atoms in total. The number of carbonyl (C=O) groups is 1. The van der Waals surface area contributed by atoms with Crippen LogP contribution in [0.1, 0.15) is 11.3 Å². The zero-order valence-electron chi connectivity index (χ0n) is 7.76. The Bertz CT molecular complexity index is 285. The van der Waals surface area contributed by atoms with Gasteiger partial charge in [-0.15, -0.1) is 0 Å². The molecule has 1 rings (SSSR count). The van der Waals surface area contributed by atoms with Crippen molar-refractivity contribution in [1.29, 1.82) is 0 Å². The lowest BCUT2D eigenvalue weighted by atomic mass is 10.3. The highest BCUT2D eigenvalue weighted by Crippen LogP contribution is 2.01. The molecule has 5 heteroatoms. The summed E-state index contributed by atoms with van der Waals surface area (Å²) in [4.78, 5) is 11.1. The largest absolute Gasteiger partial charge is 0.351 e. The molecular weight excluding hydrogens is 186 g/mol. The van der Waals surface area contributed by atoms with Gasteiger partial charge in [0.15, 0.2) is 0 Å². The fourth-order valence-electron chi connectivity index (χ4n) is 0.930. The molecule has 1 aromatic heterocycles. The molecule has 1 aromatic rings. The van der Waals surface area contributed by atoms with Gasteiger partial charge in [0.1, 0.15) is 0 Å². The molecule has 0 radical (unpaired) electrons. The van der Waals surface area contributed by atoms with Crippen molar-refractivity contribution in [2.24, 2.45) is 0 Å². The number of aryl methyl sites for hydroxylation is 1. The van der Waals surface area contributed by atoms with Crippen molar-refractivity contribution in [3.63, 3.8) is 0 Å². The molecule has 0 aromatic carbocycles. The Hall–Kier alpha value is -0.970. The van der Waals surface area contributed by atoms with Crippen LogP contribution in [0, 0.1) is 6.92 Å². The molecule has 0 aliphatic rings. The maximum absolute atomic E-state index is 11.1. The van der Waals surface area contributed by atoms with E-state index in [1.54, 1.807) is 6.20 Å². The van der Waals surface area contributed by atoms with Crippen LogP contribution >= 0.6 is 11.8 Å². The number of thioether (sulfide) groups is 1. The Labute approximate surface area is 81.5 Å². The number of H-pyrrole nitrogens is 1. The van der Waals surface area contributed by atoms with E-state index >= 15 is 0 Å². The fourth-order valence-corrected chi connectivity index (χ4v) is 1.29. The number of rotatable bonds is 4. The quantitative estimate of drug-likeness (QED) is 0.750. The monoisotopic (exact) mass is 199 g/mol. The van der Waals surface area contributed by atoms with Crippen LogP contribution in [0.4, 0.5) is 0 Å². The van der Waals surface area contributed by atoms with Crippen molar-refractivity contribution < 1.29 is 4.79 Å². The lowest BCUT2D eigenvalue weighted by Gasteiger charge is -2.02. The average molecular weight is 199 g/mol. The van der Waals surface area contributed by atoms with Gasteiger partial charge >= 0.3 is 0 Å². The summed E-state index contributed by atoms with van der Waals surface area (Å²) in [5.41, 5.74) is 2.04. The van der Waals surface area contributed by atoms with Crippen LogP contribution in [0.5, 0.6) is 0 Å². The average Bonchev–Trinajstić information content (AvgIpc) is 2.48. The molecule has 72 valence electrons. The van der Waals surface area contributed by atoms with Gasteiger partial charge < -0.3 is 5.32 Å². The minimum atomic E-state index is 0.0631. The molecule has 1 amide bonds. The SMILES string of the molecule is CSCC(=O)NCc1cn[nH]c1C. The smallest absolute Gasteiger partial charge is 0.230 e. The lowest BCUT2D eigenvalue weighted by Crippen LogP contribution is -2.24. The van der Waals surface area contributed by atoms with Gasteiger partial charge in [-0.1, -0.05) is 0 Å². The number of hydrogen-bond donors (Lipinski definition) is 2. The molecule has 0 spiro atoms. The first-order valence-electron chi connectivity index (χ1n) is 3.98. The molecule has 0 saturated carbocycles. The van der Waals surface area contributed by atoms with Crippen molar-refractivity contribution >= 4 is 17.7 Å². The predicted octanol–water partition coefficient (Wildman–Crippen LogP) is 0.697. The highest BCUT2D eigenvalue weighted by atomic mass is 32.2. The van der Waals surface area contributed by atoms with Crippen LogP contribution in [0.15, 0.2) is 6.20 Å². The third-order valence-corrected chi connectivity index (χ3v) is 2.24. The Morgan fingerprint density at radius 2 is 2.54 bits per heavy atom. The summed E-state index contributed by atoms with van der Waals surface area (Å²) in [5.74, 6) is 0.574. The Morgan fingerprint density at radius 3 is 3.08 bits per heavy atom. The van der Waals surface area contributed by atoms with Crippen LogP contribution in [0.25, 0.3) is 0 Å². The highest BCUT2D eigenvalue weighted by molar-refractivity contribution is 7.99. The van der Waals surface area contributed by atoms with E-state index < -0.39 is 0 Å². The van der Waals surface area contributed by atoms with Gasteiger partial charge in [-0.2, -0.15) is 16.9 Å². The summed E-state index contributed by atoms with van der Waals surface area (Å²) in [6, 6.07) is 0. The summed E-state index contributed by atoms with van der Waals surface area (Å²) in [5, 5.41) is 9.49. The van der Waals surface area contributed by atoms with Crippen LogP contribution in [0.3, 0.4) is 0 Å². The molecule has 0 unspecified atom stereocenters. The topological polar surface area (TPSA) is 57.8 Å². The van der Waals surface area contributed by atoms with Crippen molar-refractivity contribution in [2.45, 2.75) is 13.5 Å². The molecule has 0 aliphatic heterocycles. The minimum Gasteiger partial charge on any atom is -0.351 e. The molecule has 0 fully saturated rings. The highest BCUT2D eigenvalue weighted by Gasteiger charge is 2.02. The predicted molar refractivity (Wildman–Crippen MR) is 53.6 cm³/mol. The van der Waals surface area contributed by atoms with Crippen molar-refractivity contribution in [3.8, 4) is 0 Å². The van der Waals surface area contributed by atoms with Crippen LogP contribution in [0.2, 0.25) is 0 Å². The van der Waals surface area contributed by atoms with Gasteiger partial charge in [0.25, 0.3) is 0 Å². The number of aromatic amines is 1. The third kappa shape index (κ3) is 3.10. The van der Waals surface area contributed by atoms with E-state index in [1.807, 2.05) is 13.2 Å². The van der Waals surface area contributed by atoms with Crippen LogP contribution in [-0.4, -0.2) is 28.1 Å². The van der Waals surface area contributed by atoms with E-state index in [4.69, 9.17) is 0 Å². The summed E-state index contributed by atoms with van der Waals surface area (Å²) in [7, 11) is 0. The maximum atomic E-state index is 11.1. The van der Waals surface area contributed by atoms with Crippen molar-refractivity contribution in [3.05, 3.63) is 17.5 Å². The molecule has 2 N–H and O–H groups in total. The number of carbonyl (C=O) groups excluding carboxylic acids is 1. The maximum Gasteiger partial charge on any atom is 0.230 e. The number of aromatic nitrogens is 2. The fraction of sp³-hybridized carbons (Fsp3) is 0.500. The van der Waals surface area contributed by atoms with Crippen LogP contribution < -0.4 is 5.32 Å². The molecule has 1 heterocycles. The third-order valence-electron chi connectivity index (χ3n) is 1.69. The van der Waals surface area contributed by atoms with E-state index in [-0.39, 0.29) is 5.91 Å². The number of amides is 1. The zero-order chi connectivity index (χ0) is 9.68. The number of nitrogens with zero attached hydrogens (tertiary/aromatic N) is 1. The number of nitrogens with one attached hydrogen (secondary N) is 2. The molecule has 0 saturated heterocycles. The van der Waals surface area contributed by atoms with Crippen molar-refractivity contribution in [2.75, 3.05) is 12.0 Å². The van der Waals surface area contributed by atoms with Gasteiger partial charge in [-0.25, -0.2) is 0 Å². The van der Waals surface area contributed by atoms with Gasteiger partial charge in [0.05, 0.1) is 11.9 Å². The zero-order valence-corrected chi connectivity index (χ0v) is 8.57. The Balaban J connectivity index is 2.35. The molecule has 13 heavy (non-hydrogen) atoms. The second kappa shape index (κ2) is 4.91. The first-order valence-corrected chi connectivity index (χ1v) is 5.38. The van der Waals surface area contributed by atoms with Gasteiger partial charge in [-0.3, -0.25) is 9.89 Å². The lowest BCUT2D eigenvalue weighted by molar-refractivity contribution is -0.118. The van der Waals surface area contributed by atoms with Gasteiger partial charge in [0, 0.05) is 17.8 Å². The van der Waals surface area contributed by atoms with Gasteiger partial charge in [-0.05, 0) is 13.2 Å². The van der Waals surface area contributed by atoms with E-state index in [2.05, 4.69) is 15.5 Å².